The summed E-state index contributed by atoms with van der Waals surface area (Å²) in [6.45, 7) is 1.91. The highest BCUT2D eigenvalue weighted by Gasteiger charge is 2.24. The standard InChI is InChI=1S/C10H18ClN3O2/c1-13-5-3-4-8(7-13)14(2)10(16)12-9(15)6-11/h8H,3-7H2,1-2H3,(H,12,15,16). The smallest absolute Gasteiger partial charge is 0.323 e. The Morgan fingerprint density at radius 2 is 2.25 bits per heavy atom. The number of hydrogen-bond donors (Lipinski definition) is 1. The SMILES string of the molecule is CN1CCCC(N(C)C(=O)NC(=O)CCl)C1. The summed E-state index contributed by atoms with van der Waals surface area (Å²) in [6, 6.07) is -0.201. The molecule has 92 valence electrons. The number of carbonyl (C=O) groups is 2. The van der Waals surface area contributed by atoms with Crippen LogP contribution in [0.3, 0.4) is 0 Å². The lowest BCUT2D eigenvalue weighted by atomic mass is 10.1. The molecular weight excluding hydrogens is 230 g/mol. The molecule has 0 aromatic heterocycles. The molecule has 1 N–H and O–H groups in total. The average Bonchev–Trinajstić information content (AvgIpc) is 2.27. The number of piperidine rings is 1. The number of likely N-dealkylation sites (N-methyl/N-ethyl adjacent to an activating group) is 2. The molecule has 0 aromatic carbocycles. The van der Waals surface area contributed by atoms with Gasteiger partial charge in [0.1, 0.15) is 5.88 Å². The number of imide groups is 1. The molecule has 0 bridgehead atoms. The van der Waals surface area contributed by atoms with E-state index in [1.54, 1.807) is 11.9 Å². The zero-order chi connectivity index (χ0) is 12.1. The Morgan fingerprint density at radius 1 is 1.56 bits per heavy atom. The second-order valence-electron chi connectivity index (χ2n) is 4.16. The number of hydrogen-bond acceptors (Lipinski definition) is 3. The molecular formula is C10H18ClN3O2. The summed E-state index contributed by atoms with van der Waals surface area (Å²) >= 11 is 5.32. The minimum atomic E-state index is -0.456. The maximum atomic E-state index is 11.6. The normalized spacial score (nSPS) is 21.6. The summed E-state index contributed by atoms with van der Waals surface area (Å²) in [4.78, 5) is 26.4. The molecule has 1 fully saturated rings. The van der Waals surface area contributed by atoms with Gasteiger partial charge in [0, 0.05) is 19.6 Å². The van der Waals surface area contributed by atoms with E-state index in [0.717, 1.165) is 25.9 Å². The summed E-state index contributed by atoms with van der Waals surface area (Å²) in [5.74, 6) is -0.646. The number of alkyl halides is 1. The quantitative estimate of drug-likeness (QED) is 0.723. The van der Waals surface area contributed by atoms with Gasteiger partial charge in [-0.25, -0.2) is 4.79 Å². The molecule has 0 radical (unpaired) electrons. The topological polar surface area (TPSA) is 52.6 Å². The van der Waals surface area contributed by atoms with Crippen LogP contribution in [0.5, 0.6) is 0 Å². The van der Waals surface area contributed by atoms with Crippen molar-refractivity contribution in [3.8, 4) is 0 Å². The molecule has 1 unspecified atom stereocenters. The van der Waals surface area contributed by atoms with Crippen LogP contribution in [0.1, 0.15) is 12.8 Å². The van der Waals surface area contributed by atoms with Crippen LogP contribution in [0.25, 0.3) is 0 Å². The van der Waals surface area contributed by atoms with Crippen LogP contribution in [0.2, 0.25) is 0 Å². The molecule has 0 aromatic rings. The fraction of sp³-hybridized carbons (Fsp3) is 0.800. The lowest BCUT2D eigenvalue weighted by Crippen LogP contribution is -2.51. The minimum absolute atomic E-state index is 0.168. The Bertz CT molecular complexity index is 273. The van der Waals surface area contributed by atoms with Gasteiger partial charge in [0.25, 0.3) is 0 Å². The fourth-order valence-corrected chi connectivity index (χ4v) is 1.93. The van der Waals surface area contributed by atoms with Crippen LogP contribution in [0.15, 0.2) is 0 Å². The Hall–Kier alpha value is -0.810. The number of urea groups is 1. The van der Waals surface area contributed by atoms with Gasteiger partial charge in [-0.1, -0.05) is 0 Å². The number of likely N-dealkylation sites (tertiary alicyclic amines) is 1. The van der Waals surface area contributed by atoms with Crippen LogP contribution < -0.4 is 5.32 Å². The molecule has 1 aliphatic rings. The van der Waals surface area contributed by atoms with Gasteiger partial charge in [0.15, 0.2) is 0 Å². The van der Waals surface area contributed by atoms with E-state index in [9.17, 15) is 9.59 Å². The predicted molar refractivity (Wildman–Crippen MR) is 62.5 cm³/mol. The second-order valence-corrected chi connectivity index (χ2v) is 4.42. The summed E-state index contributed by atoms with van der Waals surface area (Å²) in [7, 11) is 3.74. The van der Waals surface area contributed by atoms with E-state index in [1.165, 1.54) is 0 Å². The van der Waals surface area contributed by atoms with Crippen molar-refractivity contribution in [2.45, 2.75) is 18.9 Å². The number of rotatable bonds is 2. The first-order chi connectivity index (χ1) is 7.54. The highest BCUT2D eigenvalue weighted by atomic mass is 35.5. The lowest BCUT2D eigenvalue weighted by molar-refractivity contribution is -0.117. The van der Waals surface area contributed by atoms with E-state index in [-0.39, 0.29) is 18.0 Å². The van der Waals surface area contributed by atoms with E-state index in [0.29, 0.717) is 0 Å². The lowest BCUT2D eigenvalue weighted by Gasteiger charge is -2.35. The first-order valence-corrected chi connectivity index (χ1v) is 5.89. The van der Waals surface area contributed by atoms with Crippen LogP contribution in [-0.4, -0.2) is 60.8 Å². The number of halogens is 1. The first-order valence-electron chi connectivity index (χ1n) is 5.35. The van der Waals surface area contributed by atoms with Crippen LogP contribution >= 0.6 is 11.6 Å². The van der Waals surface area contributed by atoms with E-state index in [2.05, 4.69) is 10.2 Å². The van der Waals surface area contributed by atoms with Crippen LogP contribution in [0.4, 0.5) is 4.79 Å². The monoisotopic (exact) mass is 247 g/mol. The Kier molecular flexibility index (Phi) is 5.02. The Labute approximate surface area is 101 Å². The molecule has 1 saturated heterocycles. The highest BCUT2D eigenvalue weighted by Crippen LogP contribution is 2.13. The molecule has 3 amide bonds. The van der Waals surface area contributed by atoms with E-state index in [4.69, 9.17) is 11.6 Å². The summed E-state index contributed by atoms with van der Waals surface area (Å²) in [6.07, 6.45) is 2.05. The van der Waals surface area contributed by atoms with Crippen molar-refractivity contribution in [1.29, 1.82) is 0 Å². The largest absolute Gasteiger partial charge is 0.324 e. The zero-order valence-electron chi connectivity index (χ0n) is 9.70. The van der Waals surface area contributed by atoms with Gasteiger partial charge in [-0.3, -0.25) is 10.1 Å². The second kappa shape index (κ2) is 6.06. The van der Waals surface area contributed by atoms with Crippen molar-refractivity contribution in [3.63, 3.8) is 0 Å². The van der Waals surface area contributed by atoms with E-state index in [1.807, 2.05) is 7.05 Å². The molecule has 1 heterocycles. The molecule has 16 heavy (non-hydrogen) atoms. The van der Waals surface area contributed by atoms with Gasteiger partial charge in [0.05, 0.1) is 0 Å². The average molecular weight is 248 g/mol. The fourth-order valence-electron chi connectivity index (χ4n) is 1.86. The molecule has 0 aliphatic carbocycles. The summed E-state index contributed by atoms with van der Waals surface area (Å²) in [5.41, 5.74) is 0. The van der Waals surface area contributed by atoms with E-state index >= 15 is 0 Å². The number of amides is 3. The summed E-state index contributed by atoms with van der Waals surface area (Å²) in [5, 5.41) is 2.24. The van der Waals surface area contributed by atoms with Crippen molar-refractivity contribution in [3.05, 3.63) is 0 Å². The van der Waals surface area contributed by atoms with Crippen LogP contribution in [0, 0.1) is 0 Å². The Morgan fingerprint density at radius 3 is 2.81 bits per heavy atom. The minimum Gasteiger partial charge on any atom is -0.323 e. The molecule has 1 rings (SSSR count). The van der Waals surface area contributed by atoms with Gasteiger partial charge < -0.3 is 9.80 Å². The van der Waals surface area contributed by atoms with Gasteiger partial charge in [-0.05, 0) is 26.4 Å². The molecule has 0 spiro atoms. The van der Waals surface area contributed by atoms with E-state index < -0.39 is 5.91 Å². The number of nitrogens with one attached hydrogen (secondary N) is 1. The molecule has 5 nitrogen and oxygen atoms in total. The number of carbonyl (C=O) groups excluding carboxylic acids is 2. The van der Waals surface area contributed by atoms with Crippen molar-refractivity contribution < 1.29 is 9.59 Å². The zero-order valence-corrected chi connectivity index (χ0v) is 10.5. The first kappa shape index (κ1) is 13.3. The molecule has 1 atom stereocenters. The van der Waals surface area contributed by atoms with Gasteiger partial charge in [0.2, 0.25) is 5.91 Å². The maximum Gasteiger partial charge on any atom is 0.324 e. The van der Waals surface area contributed by atoms with Crippen LogP contribution in [-0.2, 0) is 4.79 Å². The molecule has 1 aliphatic heterocycles. The van der Waals surface area contributed by atoms with Crippen molar-refractivity contribution in [1.82, 2.24) is 15.1 Å². The summed E-state index contributed by atoms with van der Waals surface area (Å²) < 4.78 is 0. The molecule has 6 heteroatoms. The molecule has 0 saturated carbocycles. The van der Waals surface area contributed by atoms with Crippen molar-refractivity contribution in [2.75, 3.05) is 33.1 Å². The van der Waals surface area contributed by atoms with Crippen molar-refractivity contribution in [2.24, 2.45) is 0 Å². The van der Waals surface area contributed by atoms with Crippen molar-refractivity contribution >= 4 is 23.5 Å². The number of nitrogens with zero attached hydrogens (tertiary/aromatic N) is 2. The predicted octanol–water partition coefficient (Wildman–Crippen LogP) is 0.487. The van der Waals surface area contributed by atoms with Gasteiger partial charge >= 0.3 is 6.03 Å². The third kappa shape index (κ3) is 3.64. The van der Waals surface area contributed by atoms with Gasteiger partial charge in [-0.15, -0.1) is 11.6 Å². The Balaban J connectivity index is 2.46. The third-order valence-electron chi connectivity index (χ3n) is 2.84. The maximum absolute atomic E-state index is 11.6. The van der Waals surface area contributed by atoms with Gasteiger partial charge in [-0.2, -0.15) is 0 Å². The highest BCUT2D eigenvalue weighted by molar-refractivity contribution is 6.28. The third-order valence-corrected chi connectivity index (χ3v) is 3.08.